The maximum Gasteiger partial charge on any atom is 0.320 e. The van der Waals surface area contributed by atoms with Crippen LogP contribution in [0, 0.1) is 6.92 Å². The van der Waals surface area contributed by atoms with Gasteiger partial charge >= 0.3 is 6.03 Å². The van der Waals surface area contributed by atoms with Crippen LogP contribution in [-0.2, 0) is 0 Å². The zero-order chi connectivity index (χ0) is 18.5. The second kappa shape index (κ2) is 7.64. The normalized spacial score (nSPS) is 10.4. The first-order chi connectivity index (χ1) is 12.6. The fourth-order valence-electron chi connectivity index (χ4n) is 2.39. The Morgan fingerprint density at radius 1 is 1.15 bits per heavy atom. The van der Waals surface area contributed by atoms with Crippen molar-refractivity contribution in [1.82, 2.24) is 20.3 Å². The molecule has 0 aliphatic heterocycles. The Kier molecular flexibility index (Phi) is 5.12. The molecular formula is C18H20N6O2. The Morgan fingerprint density at radius 3 is 2.69 bits per heavy atom. The molecule has 26 heavy (non-hydrogen) atoms. The van der Waals surface area contributed by atoms with Gasteiger partial charge in [0, 0.05) is 12.2 Å². The van der Waals surface area contributed by atoms with Crippen molar-refractivity contribution in [1.29, 1.82) is 0 Å². The van der Waals surface area contributed by atoms with Gasteiger partial charge in [-0.25, -0.2) is 19.7 Å². The van der Waals surface area contributed by atoms with E-state index in [0.717, 1.165) is 17.0 Å². The number of ether oxygens (including phenoxy) is 1. The number of nitrogens with one attached hydrogen (secondary N) is 3. The summed E-state index contributed by atoms with van der Waals surface area (Å²) in [5.74, 6) is 1.77. The molecule has 134 valence electrons. The summed E-state index contributed by atoms with van der Waals surface area (Å²) in [5.41, 5.74) is 3.00. The Labute approximate surface area is 151 Å². The van der Waals surface area contributed by atoms with E-state index in [4.69, 9.17) is 4.74 Å². The zero-order valence-electron chi connectivity index (χ0n) is 14.8. The molecule has 0 spiro atoms. The minimum absolute atomic E-state index is 0.310. The molecule has 0 aliphatic carbocycles. The molecule has 3 rings (SSSR count). The predicted molar refractivity (Wildman–Crippen MR) is 101 cm³/mol. The number of fused-ring (bicyclic) bond motifs is 1. The van der Waals surface area contributed by atoms with Gasteiger partial charge in [0.1, 0.15) is 17.1 Å². The van der Waals surface area contributed by atoms with E-state index in [2.05, 4.69) is 30.9 Å². The lowest BCUT2D eigenvalue weighted by Crippen LogP contribution is -2.28. The summed E-state index contributed by atoms with van der Waals surface area (Å²) in [5, 5.41) is 8.54. The average molecular weight is 352 g/mol. The molecule has 3 aromatic rings. The van der Waals surface area contributed by atoms with Crippen LogP contribution in [0.25, 0.3) is 11.2 Å². The number of carbonyl (C=O) groups excluding carboxylic acids is 1. The molecule has 0 radical (unpaired) electrons. The van der Waals surface area contributed by atoms with Crippen LogP contribution in [0.15, 0.2) is 36.5 Å². The number of aromatic nitrogens is 3. The summed E-state index contributed by atoms with van der Waals surface area (Å²) in [4.78, 5) is 24.8. The van der Waals surface area contributed by atoms with Crippen LogP contribution in [0.1, 0.15) is 12.5 Å². The number of carbonyl (C=O) groups is 1. The Hall–Kier alpha value is -3.42. The van der Waals surface area contributed by atoms with E-state index in [9.17, 15) is 4.79 Å². The van der Waals surface area contributed by atoms with Gasteiger partial charge in [-0.2, -0.15) is 0 Å². The average Bonchev–Trinajstić information content (AvgIpc) is 2.63. The maximum atomic E-state index is 11.6. The Morgan fingerprint density at radius 2 is 1.96 bits per heavy atom. The molecule has 8 heteroatoms. The van der Waals surface area contributed by atoms with E-state index >= 15 is 0 Å². The van der Waals surface area contributed by atoms with Crippen LogP contribution in [0.4, 0.5) is 22.1 Å². The zero-order valence-corrected chi connectivity index (χ0v) is 14.8. The second-order valence-corrected chi connectivity index (χ2v) is 5.58. The molecular weight excluding hydrogens is 332 g/mol. The van der Waals surface area contributed by atoms with Crippen molar-refractivity contribution in [2.45, 2.75) is 13.8 Å². The summed E-state index contributed by atoms with van der Waals surface area (Å²) >= 11 is 0. The van der Waals surface area contributed by atoms with E-state index in [1.54, 1.807) is 25.4 Å². The molecule has 0 aliphatic rings. The first-order valence-electron chi connectivity index (χ1n) is 8.19. The van der Waals surface area contributed by atoms with E-state index in [1.165, 1.54) is 0 Å². The van der Waals surface area contributed by atoms with Crippen molar-refractivity contribution >= 4 is 34.5 Å². The number of pyridine rings is 1. The molecule has 2 amide bonds. The van der Waals surface area contributed by atoms with E-state index in [1.807, 2.05) is 32.0 Å². The van der Waals surface area contributed by atoms with Gasteiger partial charge in [-0.15, -0.1) is 0 Å². The standard InChI is InChI=1S/C18H20N6O2/c1-4-19-18(25)24-15-8-7-14-17(22-15)23-16(10-20-14)21-13-6-5-12(26-3)9-11(13)2/h5-10H,4H2,1-3H3,(H3,19,21,22,23,24,25). The first-order valence-corrected chi connectivity index (χ1v) is 8.19. The van der Waals surface area contributed by atoms with Crippen LogP contribution < -0.4 is 20.7 Å². The van der Waals surface area contributed by atoms with Gasteiger partial charge in [-0.1, -0.05) is 0 Å². The van der Waals surface area contributed by atoms with E-state index in [-0.39, 0.29) is 6.03 Å². The number of urea groups is 1. The lowest BCUT2D eigenvalue weighted by Gasteiger charge is -2.11. The monoisotopic (exact) mass is 352 g/mol. The van der Waals surface area contributed by atoms with Gasteiger partial charge < -0.3 is 15.4 Å². The largest absolute Gasteiger partial charge is 0.497 e. The molecule has 8 nitrogen and oxygen atoms in total. The van der Waals surface area contributed by atoms with Crippen LogP contribution in [-0.4, -0.2) is 34.6 Å². The maximum absolute atomic E-state index is 11.6. The van der Waals surface area contributed by atoms with Crippen molar-refractivity contribution in [2.24, 2.45) is 0 Å². The van der Waals surface area contributed by atoms with Crippen molar-refractivity contribution in [3.8, 4) is 5.75 Å². The number of amides is 2. The Bertz CT molecular complexity index is 944. The minimum atomic E-state index is -0.310. The first kappa shape index (κ1) is 17.4. The van der Waals surface area contributed by atoms with Gasteiger partial charge in [0.2, 0.25) is 0 Å². The lowest BCUT2D eigenvalue weighted by atomic mass is 10.2. The third-order valence-electron chi connectivity index (χ3n) is 3.68. The molecule has 2 heterocycles. The molecule has 3 N–H and O–H groups in total. The molecule has 0 unspecified atom stereocenters. The highest BCUT2D eigenvalue weighted by molar-refractivity contribution is 5.89. The highest BCUT2D eigenvalue weighted by Crippen LogP contribution is 2.24. The molecule has 0 saturated heterocycles. The summed E-state index contributed by atoms with van der Waals surface area (Å²) in [6.45, 7) is 4.36. The number of benzene rings is 1. The van der Waals surface area contributed by atoms with Gasteiger partial charge in [0.15, 0.2) is 11.5 Å². The molecule has 0 fully saturated rings. The van der Waals surface area contributed by atoms with Crippen molar-refractivity contribution in [3.05, 3.63) is 42.1 Å². The van der Waals surface area contributed by atoms with Crippen LogP contribution in [0.3, 0.4) is 0 Å². The van der Waals surface area contributed by atoms with E-state index < -0.39 is 0 Å². The van der Waals surface area contributed by atoms with Crippen molar-refractivity contribution in [3.63, 3.8) is 0 Å². The van der Waals surface area contributed by atoms with Gasteiger partial charge in [0.25, 0.3) is 0 Å². The number of anilines is 3. The lowest BCUT2D eigenvalue weighted by molar-refractivity contribution is 0.252. The quantitative estimate of drug-likeness (QED) is 0.652. The SMILES string of the molecule is CCNC(=O)Nc1ccc2ncc(Nc3ccc(OC)cc3C)nc2n1. The third kappa shape index (κ3) is 3.97. The number of hydrogen-bond acceptors (Lipinski definition) is 6. The van der Waals surface area contributed by atoms with Crippen LogP contribution >= 0.6 is 0 Å². The number of methoxy groups -OCH3 is 1. The molecule has 1 aromatic carbocycles. The van der Waals surface area contributed by atoms with Crippen molar-refractivity contribution in [2.75, 3.05) is 24.3 Å². The van der Waals surface area contributed by atoms with Crippen LogP contribution in [0.5, 0.6) is 5.75 Å². The molecule has 0 atom stereocenters. The topological polar surface area (TPSA) is 101 Å². The fourth-order valence-corrected chi connectivity index (χ4v) is 2.39. The van der Waals surface area contributed by atoms with Gasteiger partial charge in [-0.05, 0) is 49.7 Å². The number of aryl methyl sites for hydroxylation is 1. The van der Waals surface area contributed by atoms with Crippen LogP contribution in [0.2, 0.25) is 0 Å². The smallest absolute Gasteiger partial charge is 0.320 e. The fraction of sp³-hybridized carbons (Fsp3) is 0.222. The van der Waals surface area contributed by atoms with Crippen molar-refractivity contribution < 1.29 is 9.53 Å². The summed E-state index contributed by atoms with van der Waals surface area (Å²) < 4.78 is 5.21. The van der Waals surface area contributed by atoms with E-state index in [0.29, 0.717) is 29.3 Å². The molecule has 0 bridgehead atoms. The molecule has 0 saturated carbocycles. The minimum Gasteiger partial charge on any atom is -0.497 e. The number of hydrogen-bond donors (Lipinski definition) is 3. The summed E-state index contributed by atoms with van der Waals surface area (Å²) in [7, 11) is 1.63. The van der Waals surface area contributed by atoms with Gasteiger partial charge in [0.05, 0.1) is 13.3 Å². The van der Waals surface area contributed by atoms with Gasteiger partial charge in [-0.3, -0.25) is 5.32 Å². The second-order valence-electron chi connectivity index (χ2n) is 5.58. The summed E-state index contributed by atoms with van der Waals surface area (Å²) in [6, 6.07) is 8.86. The summed E-state index contributed by atoms with van der Waals surface area (Å²) in [6.07, 6.45) is 1.64. The Balaban J connectivity index is 1.84. The highest BCUT2D eigenvalue weighted by atomic mass is 16.5. The number of nitrogens with zero attached hydrogens (tertiary/aromatic N) is 3. The third-order valence-corrected chi connectivity index (χ3v) is 3.68. The highest BCUT2D eigenvalue weighted by Gasteiger charge is 2.07. The number of rotatable bonds is 5. The predicted octanol–water partition coefficient (Wildman–Crippen LogP) is 3.23. The molecule has 2 aromatic heterocycles.